The monoisotopic (exact) mass is 350 g/mol. The molecule has 0 heterocycles. The van der Waals surface area contributed by atoms with Gasteiger partial charge in [-0.1, -0.05) is 0 Å². The van der Waals surface area contributed by atoms with E-state index < -0.39 is 25.6 Å². The van der Waals surface area contributed by atoms with Crippen LogP contribution in [0, 0.1) is 0 Å². The van der Waals surface area contributed by atoms with Gasteiger partial charge in [-0.25, -0.2) is 21.6 Å². The van der Waals surface area contributed by atoms with E-state index in [2.05, 4.69) is 4.72 Å². The van der Waals surface area contributed by atoms with Crippen molar-refractivity contribution in [3.05, 3.63) is 18.2 Å². The minimum Gasteiger partial charge on any atom is -0.495 e. The minimum absolute atomic E-state index is 0.0336. The van der Waals surface area contributed by atoms with E-state index in [1.165, 1.54) is 32.4 Å². The predicted octanol–water partition coefficient (Wildman–Crippen LogP) is 1.17. The Bertz CT molecular complexity index is 749. The third-order valence-electron chi connectivity index (χ3n) is 2.74. The molecule has 9 heteroatoms. The molecule has 22 heavy (non-hydrogen) atoms. The second-order valence-electron chi connectivity index (χ2n) is 5.92. The van der Waals surface area contributed by atoms with Gasteiger partial charge in [0, 0.05) is 12.6 Å². The van der Waals surface area contributed by atoms with Crippen molar-refractivity contribution in [2.75, 3.05) is 24.7 Å². The number of rotatable bonds is 5. The van der Waals surface area contributed by atoms with E-state index in [0.29, 0.717) is 0 Å². The standard InChI is InChI=1S/C13H22N2O5S2/c1-13(2,3)14-22(18,19)10-7-8-12(20-5)11(9-10)15(4)21(6,16)17/h7-9,14H,1-6H3. The fraction of sp³-hybridized carbons (Fsp3) is 0.538. The van der Waals surface area contributed by atoms with Gasteiger partial charge < -0.3 is 4.74 Å². The van der Waals surface area contributed by atoms with E-state index in [4.69, 9.17) is 4.74 Å². The molecule has 1 N–H and O–H groups in total. The number of methoxy groups -OCH3 is 1. The molecule has 1 aromatic rings. The second-order valence-corrected chi connectivity index (χ2v) is 9.62. The molecule has 126 valence electrons. The first-order valence-corrected chi connectivity index (χ1v) is 9.77. The maximum Gasteiger partial charge on any atom is 0.241 e. The minimum atomic E-state index is -3.77. The molecule has 0 aliphatic heterocycles. The molecule has 0 aromatic heterocycles. The zero-order valence-corrected chi connectivity index (χ0v) is 15.2. The fourth-order valence-corrected chi connectivity index (χ4v) is 3.66. The lowest BCUT2D eigenvalue weighted by Crippen LogP contribution is -2.40. The highest BCUT2D eigenvalue weighted by Gasteiger charge is 2.25. The quantitative estimate of drug-likeness (QED) is 0.860. The summed E-state index contributed by atoms with van der Waals surface area (Å²) in [6.45, 7) is 5.16. The summed E-state index contributed by atoms with van der Waals surface area (Å²) in [5.74, 6) is 0.266. The zero-order valence-electron chi connectivity index (χ0n) is 13.5. The van der Waals surface area contributed by atoms with Crippen LogP contribution in [0.2, 0.25) is 0 Å². The number of hydrogen-bond donors (Lipinski definition) is 1. The van der Waals surface area contributed by atoms with E-state index in [-0.39, 0.29) is 16.3 Å². The van der Waals surface area contributed by atoms with Crippen LogP contribution in [-0.2, 0) is 20.0 Å². The SMILES string of the molecule is COc1ccc(S(=O)(=O)NC(C)(C)C)cc1N(C)S(C)(=O)=O. The highest BCUT2D eigenvalue weighted by molar-refractivity contribution is 7.92. The molecule has 7 nitrogen and oxygen atoms in total. The second kappa shape index (κ2) is 6.05. The lowest BCUT2D eigenvalue weighted by molar-refractivity contribution is 0.415. The van der Waals surface area contributed by atoms with Gasteiger partial charge in [0.05, 0.1) is 23.9 Å². The normalized spacial score (nSPS) is 13.0. The smallest absolute Gasteiger partial charge is 0.241 e. The first kappa shape index (κ1) is 18.7. The van der Waals surface area contributed by atoms with Gasteiger partial charge in [-0.15, -0.1) is 0 Å². The van der Waals surface area contributed by atoms with Crippen molar-refractivity contribution in [2.24, 2.45) is 0 Å². The molecular formula is C13H22N2O5S2. The summed E-state index contributed by atoms with van der Waals surface area (Å²) in [4.78, 5) is -0.0336. The van der Waals surface area contributed by atoms with Crippen molar-refractivity contribution in [3.63, 3.8) is 0 Å². The van der Waals surface area contributed by atoms with Crippen LogP contribution in [0.15, 0.2) is 23.1 Å². The predicted molar refractivity (Wildman–Crippen MR) is 86.3 cm³/mol. The summed E-state index contributed by atoms with van der Waals surface area (Å²) >= 11 is 0. The van der Waals surface area contributed by atoms with Crippen LogP contribution in [0.3, 0.4) is 0 Å². The number of ether oxygens (including phenoxy) is 1. The number of nitrogens with one attached hydrogen (secondary N) is 1. The average molecular weight is 350 g/mol. The van der Waals surface area contributed by atoms with Gasteiger partial charge in [0.15, 0.2) is 0 Å². The third kappa shape index (κ3) is 4.59. The van der Waals surface area contributed by atoms with Gasteiger partial charge in [-0.05, 0) is 39.0 Å². The van der Waals surface area contributed by atoms with Crippen LogP contribution in [-0.4, -0.2) is 42.8 Å². The van der Waals surface area contributed by atoms with Crippen molar-refractivity contribution >= 4 is 25.7 Å². The lowest BCUT2D eigenvalue weighted by atomic mass is 10.1. The van der Waals surface area contributed by atoms with Crippen LogP contribution in [0.1, 0.15) is 20.8 Å². The molecule has 0 radical (unpaired) electrons. The van der Waals surface area contributed by atoms with E-state index >= 15 is 0 Å². The maximum absolute atomic E-state index is 12.4. The summed E-state index contributed by atoms with van der Waals surface area (Å²) in [5, 5.41) is 0. The van der Waals surface area contributed by atoms with Crippen molar-refractivity contribution in [1.82, 2.24) is 4.72 Å². The highest BCUT2D eigenvalue weighted by atomic mass is 32.2. The molecule has 1 aromatic carbocycles. The summed E-state index contributed by atoms with van der Waals surface area (Å²) in [7, 11) is -4.60. The molecule has 0 aliphatic carbocycles. The summed E-state index contributed by atoms with van der Waals surface area (Å²) in [6.07, 6.45) is 1.03. The summed E-state index contributed by atoms with van der Waals surface area (Å²) < 4.78 is 56.7. The van der Waals surface area contributed by atoms with Crippen molar-refractivity contribution < 1.29 is 21.6 Å². The van der Waals surface area contributed by atoms with E-state index in [1.807, 2.05) is 0 Å². The Labute approximate surface area is 132 Å². The Morgan fingerprint density at radius 2 is 1.68 bits per heavy atom. The van der Waals surface area contributed by atoms with Crippen LogP contribution in [0.4, 0.5) is 5.69 Å². The zero-order chi connectivity index (χ0) is 17.3. The van der Waals surface area contributed by atoms with Crippen LogP contribution >= 0.6 is 0 Å². The van der Waals surface area contributed by atoms with Gasteiger partial charge in [0.25, 0.3) is 0 Å². The van der Waals surface area contributed by atoms with Gasteiger partial charge in [-0.3, -0.25) is 4.31 Å². The Morgan fingerprint density at radius 1 is 1.14 bits per heavy atom. The topological polar surface area (TPSA) is 92.8 Å². The van der Waals surface area contributed by atoms with Gasteiger partial charge >= 0.3 is 0 Å². The van der Waals surface area contributed by atoms with Gasteiger partial charge in [0.2, 0.25) is 20.0 Å². The third-order valence-corrected chi connectivity index (χ3v) is 5.69. The number of sulfonamides is 2. The van der Waals surface area contributed by atoms with Crippen molar-refractivity contribution in [1.29, 1.82) is 0 Å². The molecule has 1 rings (SSSR count). The van der Waals surface area contributed by atoms with Crippen molar-refractivity contribution in [3.8, 4) is 5.75 Å². The van der Waals surface area contributed by atoms with Crippen LogP contribution in [0.5, 0.6) is 5.75 Å². The number of nitrogens with zero attached hydrogens (tertiary/aromatic N) is 1. The van der Waals surface area contributed by atoms with Crippen molar-refractivity contribution in [2.45, 2.75) is 31.2 Å². The van der Waals surface area contributed by atoms with E-state index in [0.717, 1.165) is 10.6 Å². The van der Waals surface area contributed by atoms with Crippen LogP contribution in [0.25, 0.3) is 0 Å². The average Bonchev–Trinajstić information content (AvgIpc) is 2.33. The number of anilines is 1. The molecule has 0 atom stereocenters. The van der Waals surface area contributed by atoms with E-state index in [9.17, 15) is 16.8 Å². The molecular weight excluding hydrogens is 328 g/mol. The molecule has 0 saturated heterocycles. The molecule has 0 saturated carbocycles. The Balaban J connectivity index is 3.44. The highest BCUT2D eigenvalue weighted by Crippen LogP contribution is 2.31. The first-order valence-electron chi connectivity index (χ1n) is 6.44. The molecule has 0 fully saturated rings. The largest absolute Gasteiger partial charge is 0.495 e. The first-order chi connectivity index (χ1) is 9.78. The number of hydrogen-bond acceptors (Lipinski definition) is 5. The lowest BCUT2D eigenvalue weighted by Gasteiger charge is -2.23. The Kier molecular flexibility index (Phi) is 5.15. The molecule has 0 spiro atoms. The van der Waals surface area contributed by atoms with Gasteiger partial charge in [0.1, 0.15) is 5.75 Å². The molecule has 0 aliphatic rings. The van der Waals surface area contributed by atoms with E-state index in [1.54, 1.807) is 20.8 Å². The van der Waals surface area contributed by atoms with Gasteiger partial charge in [-0.2, -0.15) is 0 Å². The Hall–Kier alpha value is -1.32. The maximum atomic E-state index is 12.4. The summed E-state index contributed by atoms with van der Waals surface area (Å²) in [6, 6.07) is 4.06. The van der Waals surface area contributed by atoms with Crippen LogP contribution < -0.4 is 13.8 Å². The number of benzene rings is 1. The Morgan fingerprint density at radius 3 is 2.09 bits per heavy atom. The molecule has 0 amide bonds. The summed E-state index contributed by atoms with van der Waals surface area (Å²) in [5.41, 5.74) is -0.497. The fourth-order valence-electron chi connectivity index (χ4n) is 1.72. The molecule has 0 unspecified atom stereocenters. The molecule has 0 bridgehead atoms.